The molecule has 1 unspecified atom stereocenters. The second-order valence-electron chi connectivity index (χ2n) is 5.21. The van der Waals surface area contributed by atoms with Crippen molar-refractivity contribution >= 4 is 11.3 Å². The van der Waals surface area contributed by atoms with E-state index in [2.05, 4.69) is 41.5 Å². The molecular formula is C13H23N3S. The van der Waals surface area contributed by atoms with Gasteiger partial charge < -0.3 is 10.2 Å². The third-order valence-electron chi connectivity index (χ3n) is 3.49. The molecular weight excluding hydrogens is 230 g/mol. The Morgan fingerprint density at radius 2 is 2.24 bits per heavy atom. The van der Waals surface area contributed by atoms with Crippen LogP contribution in [-0.4, -0.2) is 42.6 Å². The van der Waals surface area contributed by atoms with E-state index in [1.807, 2.05) is 0 Å². The molecule has 0 bridgehead atoms. The first-order valence-electron chi connectivity index (χ1n) is 6.49. The monoisotopic (exact) mass is 253 g/mol. The van der Waals surface area contributed by atoms with Crippen LogP contribution in [0.4, 0.5) is 0 Å². The van der Waals surface area contributed by atoms with Gasteiger partial charge in [0.2, 0.25) is 0 Å². The lowest BCUT2D eigenvalue weighted by atomic mass is 10.0. The zero-order valence-electron chi connectivity index (χ0n) is 11.1. The third-order valence-corrected chi connectivity index (χ3v) is 4.68. The van der Waals surface area contributed by atoms with Crippen LogP contribution in [0.25, 0.3) is 0 Å². The largest absolute Gasteiger partial charge is 0.313 e. The van der Waals surface area contributed by atoms with Crippen molar-refractivity contribution in [3.05, 3.63) is 16.1 Å². The van der Waals surface area contributed by atoms with Crippen molar-refractivity contribution in [2.45, 2.75) is 38.6 Å². The molecule has 2 heterocycles. The zero-order valence-corrected chi connectivity index (χ0v) is 11.9. The first-order chi connectivity index (χ1) is 8.15. The highest BCUT2D eigenvalue weighted by molar-refractivity contribution is 7.09. The SMILES string of the molecule is Cc1csc(C(C)CNC2CCN(C)CC2)n1. The van der Waals surface area contributed by atoms with Gasteiger partial charge in [0.25, 0.3) is 0 Å². The maximum Gasteiger partial charge on any atom is 0.0969 e. The van der Waals surface area contributed by atoms with Crippen LogP contribution in [0.3, 0.4) is 0 Å². The maximum absolute atomic E-state index is 4.56. The van der Waals surface area contributed by atoms with Crippen LogP contribution in [0.15, 0.2) is 5.38 Å². The van der Waals surface area contributed by atoms with Gasteiger partial charge in [-0.25, -0.2) is 4.98 Å². The molecule has 1 aliphatic heterocycles. The van der Waals surface area contributed by atoms with Crippen molar-refractivity contribution in [1.82, 2.24) is 15.2 Å². The molecule has 3 nitrogen and oxygen atoms in total. The Balaban J connectivity index is 1.74. The number of aryl methyl sites for hydroxylation is 1. The summed E-state index contributed by atoms with van der Waals surface area (Å²) in [6, 6.07) is 0.703. The number of hydrogen-bond acceptors (Lipinski definition) is 4. The fourth-order valence-electron chi connectivity index (χ4n) is 2.24. The summed E-state index contributed by atoms with van der Waals surface area (Å²) < 4.78 is 0. The molecule has 0 radical (unpaired) electrons. The number of hydrogen-bond donors (Lipinski definition) is 1. The molecule has 0 amide bonds. The van der Waals surface area contributed by atoms with Gasteiger partial charge >= 0.3 is 0 Å². The molecule has 1 fully saturated rings. The van der Waals surface area contributed by atoms with E-state index in [0.717, 1.165) is 12.2 Å². The van der Waals surface area contributed by atoms with E-state index in [-0.39, 0.29) is 0 Å². The van der Waals surface area contributed by atoms with Crippen LogP contribution < -0.4 is 5.32 Å². The number of likely N-dealkylation sites (tertiary alicyclic amines) is 1. The topological polar surface area (TPSA) is 28.2 Å². The van der Waals surface area contributed by atoms with Gasteiger partial charge in [-0.3, -0.25) is 0 Å². The van der Waals surface area contributed by atoms with Crippen LogP contribution in [0.5, 0.6) is 0 Å². The molecule has 1 aromatic heterocycles. The van der Waals surface area contributed by atoms with Crippen LogP contribution >= 0.6 is 11.3 Å². The molecule has 17 heavy (non-hydrogen) atoms. The van der Waals surface area contributed by atoms with Gasteiger partial charge in [0.05, 0.1) is 5.01 Å². The second-order valence-corrected chi connectivity index (χ2v) is 6.10. The molecule has 0 saturated carbocycles. The summed E-state index contributed by atoms with van der Waals surface area (Å²) in [6.07, 6.45) is 2.56. The molecule has 96 valence electrons. The predicted octanol–water partition coefficient (Wildman–Crippen LogP) is 2.24. The van der Waals surface area contributed by atoms with Crippen molar-refractivity contribution < 1.29 is 0 Å². The van der Waals surface area contributed by atoms with Crippen molar-refractivity contribution in [1.29, 1.82) is 0 Å². The minimum absolute atomic E-state index is 0.536. The molecule has 1 aromatic rings. The van der Waals surface area contributed by atoms with Crippen LogP contribution in [-0.2, 0) is 0 Å². The van der Waals surface area contributed by atoms with Gasteiger partial charge in [-0.2, -0.15) is 0 Å². The molecule has 1 N–H and O–H groups in total. The number of aromatic nitrogens is 1. The number of piperidine rings is 1. The summed E-state index contributed by atoms with van der Waals surface area (Å²) in [4.78, 5) is 6.97. The van der Waals surface area contributed by atoms with Gasteiger partial charge in [0.15, 0.2) is 0 Å². The van der Waals surface area contributed by atoms with Crippen LogP contribution in [0.1, 0.15) is 36.4 Å². The van der Waals surface area contributed by atoms with Gasteiger partial charge in [-0.05, 0) is 39.9 Å². The molecule has 2 rings (SSSR count). The average Bonchev–Trinajstić information content (AvgIpc) is 2.75. The van der Waals surface area contributed by atoms with Gasteiger partial charge in [0.1, 0.15) is 0 Å². The molecule has 1 aliphatic rings. The van der Waals surface area contributed by atoms with Crippen molar-refractivity contribution in [2.75, 3.05) is 26.7 Å². The smallest absolute Gasteiger partial charge is 0.0969 e. The lowest BCUT2D eigenvalue weighted by Crippen LogP contribution is -2.41. The summed E-state index contributed by atoms with van der Waals surface area (Å²) in [7, 11) is 2.21. The van der Waals surface area contributed by atoms with Crippen LogP contribution in [0, 0.1) is 6.92 Å². The Morgan fingerprint density at radius 3 is 2.82 bits per heavy atom. The first kappa shape index (κ1) is 13.0. The Morgan fingerprint density at radius 1 is 1.53 bits per heavy atom. The number of nitrogens with one attached hydrogen (secondary N) is 1. The average molecular weight is 253 g/mol. The zero-order chi connectivity index (χ0) is 12.3. The number of rotatable bonds is 4. The summed E-state index contributed by atoms with van der Waals surface area (Å²) >= 11 is 1.79. The highest BCUT2D eigenvalue weighted by Gasteiger charge is 2.17. The van der Waals surface area contributed by atoms with E-state index in [9.17, 15) is 0 Å². The lowest BCUT2D eigenvalue weighted by Gasteiger charge is -2.30. The summed E-state index contributed by atoms with van der Waals surface area (Å²) in [5.74, 6) is 0.536. The van der Waals surface area contributed by atoms with Crippen molar-refractivity contribution in [2.24, 2.45) is 0 Å². The minimum Gasteiger partial charge on any atom is -0.313 e. The minimum atomic E-state index is 0.536. The van der Waals surface area contributed by atoms with Gasteiger partial charge in [-0.15, -0.1) is 11.3 Å². The molecule has 4 heteroatoms. The number of nitrogens with zero attached hydrogens (tertiary/aromatic N) is 2. The van der Waals surface area contributed by atoms with E-state index in [1.54, 1.807) is 11.3 Å². The Bertz CT molecular complexity index is 342. The molecule has 0 aliphatic carbocycles. The maximum atomic E-state index is 4.56. The summed E-state index contributed by atoms with van der Waals surface area (Å²) in [6.45, 7) is 7.84. The quantitative estimate of drug-likeness (QED) is 0.892. The summed E-state index contributed by atoms with van der Waals surface area (Å²) in [5, 5.41) is 7.10. The van der Waals surface area contributed by atoms with Crippen LogP contribution in [0.2, 0.25) is 0 Å². The van der Waals surface area contributed by atoms with Gasteiger partial charge in [-0.1, -0.05) is 6.92 Å². The van der Waals surface area contributed by atoms with E-state index in [0.29, 0.717) is 12.0 Å². The van der Waals surface area contributed by atoms with Gasteiger partial charge in [0, 0.05) is 29.6 Å². The highest BCUT2D eigenvalue weighted by atomic mass is 32.1. The van der Waals surface area contributed by atoms with E-state index in [1.165, 1.54) is 30.9 Å². The van der Waals surface area contributed by atoms with Crippen molar-refractivity contribution in [3.63, 3.8) is 0 Å². The van der Waals surface area contributed by atoms with E-state index < -0.39 is 0 Å². The fraction of sp³-hybridized carbons (Fsp3) is 0.769. The standard InChI is InChI=1S/C13H23N3S/c1-10(13-15-11(2)9-17-13)8-14-12-4-6-16(3)7-5-12/h9-10,12,14H,4-8H2,1-3H3. The molecule has 1 saturated heterocycles. The molecule has 1 atom stereocenters. The Kier molecular flexibility index (Phi) is 4.54. The predicted molar refractivity (Wildman–Crippen MR) is 73.8 cm³/mol. The third kappa shape index (κ3) is 3.76. The van der Waals surface area contributed by atoms with E-state index in [4.69, 9.17) is 0 Å². The molecule has 0 spiro atoms. The Hall–Kier alpha value is -0.450. The normalized spacial score (nSPS) is 20.6. The Labute approximate surface area is 108 Å². The highest BCUT2D eigenvalue weighted by Crippen LogP contribution is 2.19. The lowest BCUT2D eigenvalue weighted by molar-refractivity contribution is 0.233. The summed E-state index contributed by atoms with van der Waals surface area (Å²) in [5.41, 5.74) is 1.15. The first-order valence-corrected chi connectivity index (χ1v) is 7.37. The fourth-order valence-corrected chi connectivity index (χ4v) is 3.10. The number of thiazole rings is 1. The molecule has 0 aromatic carbocycles. The second kappa shape index (κ2) is 5.94. The van der Waals surface area contributed by atoms with Crippen molar-refractivity contribution in [3.8, 4) is 0 Å². The van der Waals surface area contributed by atoms with E-state index >= 15 is 0 Å².